The van der Waals surface area contributed by atoms with Crippen LogP contribution in [0.2, 0.25) is 10.0 Å². The molecule has 1 aromatic heterocycles. The van der Waals surface area contributed by atoms with Crippen LogP contribution in [0.1, 0.15) is 81.9 Å². The number of nitrogens with zero attached hydrogens (tertiary/aromatic N) is 3. The van der Waals surface area contributed by atoms with Crippen molar-refractivity contribution < 1.29 is 9.90 Å². The number of carboxylic acids is 1. The normalized spacial score (nSPS) is 16.3. The molecule has 5 nitrogen and oxygen atoms in total. The smallest absolute Gasteiger partial charge is 0.335 e. The second-order valence-electron chi connectivity index (χ2n) is 11.9. The molecule has 0 bridgehead atoms. The summed E-state index contributed by atoms with van der Waals surface area (Å²) in [6.45, 7) is 2.84. The summed E-state index contributed by atoms with van der Waals surface area (Å²) in [5.74, 6) is -0.399. The van der Waals surface area contributed by atoms with E-state index in [0.717, 1.165) is 53.6 Å². The lowest BCUT2D eigenvalue weighted by Crippen LogP contribution is -2.33. The van der Waals surface area contributed by atoms with E-state index in [-0.39, 0.29) is 5.92 Å². The van der Waals surface area contributed by atoms with E-state index in [1.165, 1.54) is 40.6 Å². The van der Waals surface area contributed by atoms with E-state index in [4.69, 9.17) is 28.3 Å². The van der Waals surface area contributed by atoms with E-state index in [1.807, 2.05) is 36.4 Å². The van der Waals surface area contributed by atoms with Crippen molar-refractivity contribution in [3.63, 3.8) is 0 Å². The molecule has 2 heterocycles. The molecule has 1 aliphatic heterocycles. The van der Waals surface area contributed by atoms with Crippen molar-refractivity contribution in [1.29, 1.82) is 0 Å². The maximum Gasteiger partial charge on any atom is 0.335 e. The molecule has 2 fully saturated rings. The van der Waals surface area contributed by atoms with Gasteiger partial charge in [0.15, 0.2) is 0 Å². The Hall–Kier alpha value is -3.64. The summed E-state index contributed by atoms with van der Waals surface area (Å²) in [6.07, 6.45) is 4.53. The third-order valence-corrected chi connectivity index (χ3v) is 9.48. The van der Waals surface area contributed by atoms with Crippen LogP contribution in [0.5, 0.6) is 0 Å². The number of rotatable bonds is 8. The third-order valence-electron chi connectivity index (χ3n) is 8.97. The van der Waals surface area contributed by atoms with Gasteiger partial charge in [-0.15, -0.1) is 0 Å². The zero-order chi connectivity index (χ0) is 29.5. The van der Waals surface area contributed by atoms with Crippen molar-refractivity contribution in [3.05, 3.63) is 135 Å². The number of carbonyl (C=O) groups is 1. The molecule has 0 unspecified atom stereocenters. The van der Waals surface area contributed by atoms with Gasteiger partial charge >= 0.3 is 5.97 Å². The number of benzene rings is 4. The Morgan fingerprint density at radius 1 is 0.791 bits per heavy atom. The number of hydrogen-bond donors (Lipinski definition) is 1. The highest BCUT2D eigenvalue weighted by Crippen LogP contribution is 2.43. The minimum atomic E-state index is -0.886. The molecular weight excluding hydrogens is 577 g/mol. The van der Waals surface area contributed by atoms with Gasteiger partial charge in [-0.05, 0) is 110 Å². The van der Waals surface area contributed by atoms with Gasteiger partial charge in [-0.25, -0.2) is 4.79 Å². The molecule has 1 saturated heterocycles. The van der Waals surface area contributed by atoms with Gasteiger partial charge in [0.1, 0.15) is 0 Å². The number of halogens is 2. The highest BCUT2D eigenvalue weighted by molar-refractivity contribution is 6.30. The third kappa shape index (κ3) is 5.95. The van der Waals surface area contributed by atoms with E-state index < -0.39 is 5.97 Å². The molecule has 2 aliphatic rings. The Bertz CT molecular complexity index is 1710. The standard InChI is InChI=1S/C36H33Cl2N3O2/c37-29-10-5-24(6-11-29)34(25-7-12-30(38)13-8-25)28-9-16-33-32(21-28)35(41(39-33)31-14-15-31)26-17-19-40(20-18-26)22-23-1-3-27(4-2-23)36(42)43/h1-13,16,21,26,31,34H,14-15,17-20,22H2,(H,42,43). The first-order chi connectivity index (χ1) is 20.9. The largest absolute Gasteiger partial charge is 0.478 e. The summed E-state index contributed by atoms with van der Waals surface area (Å²) < 4.78 is 2.35. The van der Waals surface area contributed by atoms with Gasteiger partial charge in [-0.1, -0.05) is 65.7 Å². The zero-order valence-electron chi connectivity index (χ0n) is 23.8. The lowest BCUT2D eigenvalue weighted by atomic mass is 9.84. The first-order valence-corrected chi connectivity index (χ1v) is 15.8. The van der Waals surface area contributed by atoms with Crippen LogP contribution >= 0.6 is 23.2 Å². The highest BCUT2D eigenvalue weighted by atomic mass is 35.5. The summed E-state index contributed by atoms with van der Waals surface area (Å²) in [6, 6.07) is 30.9. The van der Waals surface area contributed by atoms with Crippen LogP contribution < -0.4 is 0 Å². The quantitative estimate of drug-likeness (QED) is 0.178. The van der Waals surface area contributed by atoms with Crippen LogP contribution in [0.4, 0.5) is 0 Å². The Morgan fingerprint density at radius 2 is 1.37 bits per heavy atom. The first kappa shape index (κ1) is 28.1. The summed E-state index contributed by atoms with van der Waals surface area (Å²) in [5.41, 5.74) is 7.54. The zero-order valence-corrected chi connectivity index (χ0v) is 25.3. The molecule has 1 aliphatic carbocycles. The molecule has 0 radical (unpaired) electrons. The molecule has 218 valence electrons. The van der Waals surface area contributed by atoms with Gasteiger partial charge in [0.25, 0.3) is 0 Å². The minimum Gasteiger partial charge on any atom is -0.478 e. The molecule has 1 N–H and O–H groups in total. The van der Waals surface area contributed by atoms with Crippen LogP contribution in [0, 0.1) is 0 Å². The number of carboxylic acid groups (broad SMARTS) is 1. The molecule has 0 amide bonds. The Labute approximate surface area is 261 Å². The van der Waals surface area contributed by atoms with Gasteiger partial charge in [0.05, 0.1) is 17.1 Å². The second kappa shape index (κ2) is 11.8. The lowest BCUT2D eigenvalue weighted by molar-refractivity contribution is 0.0697. The Kier molecular flexibility index (Phi) is 7.72. The average Bonchev–Trinajstić information content (AvgIpc) is 3.80. The summed E-state index contributed by atoms with van der Waals surface area (Å²) in [7, 11) is 0. The molecular formula is C36H33Cl2N3O2. The molecule has 7 rings (SSSR count). The molecule has 4 aromatic carbocycles. The maximum atomic E-state index is 11.2. The highest BCUT2D eigenvalue weighted by Gasteiger charge is 2.33. The van der Waals surface area contributed by atoms with Crippen molar-refractivity contribution in [1.82, 2.24) is 14.7 Å². The number of fused-ring (bicyclic) bond motifs is 1. The molecule has 7 heteroatoms. The van der Waals surface area contributed by atoms with E-state index in [2.05, 4.69) is 52.0 Å². The fourth-order valence-electron chi connectivity index (χ4n) is 6.59. The fourth-order valence-corrected chi connectivity index (χ4v) is 6.84. The Morgan fingerprint density at radius 3 is 1.93 bits per heavy atom. The van der Waals surface area contributed by atoms with Crippen molar-refractivity contribution in [2.45, 2.75) is 50.1 Å². The second-order valence-corrected chi connectivity index (χ2v) is 12.8. The van der Waals surface area contributed by atoms with E-state index >= 15 is 0 Å². The minimum absolute atomic E-state index is 0.0467. The van der Waals surface area contributed by atoms with Crippen LogP contribution in [0.15, 0.2) is 91.0 Å². The predicted molar refractivity (Wildman–Crippen MR) is 173 cm³/mol. The van der Waals surface area contributed by atoms with Crippen molar-refractivity contribution in [2.75, 3.05) is 13.1 Å². The van der Waals surface area contributed by atoms with Gasteiger partial charge < -0.3 is 5.11 Å². The molecule has 0 spiro atoms. The Balaban J connectivity index is 1.20. The monoisotopic (exact) mass is 609 g/mol. The van der Waals surface area contributed by atoms with E-state index in [9.17, 15) is 9.90 Å². The number of aromatic carboxylic acids is 1. The summed E-state index contributed by atoms with van der Waals surface area (Å²) in [5, 5.41) is 17.1. The van der Waals surface area contributed by atoms with Crippen molar-refractivity contribution in [2.24, 2.45) is 0 Å². The van der Waals surface area contributed by atoms with Crippen molar-refractivity contribution >= 4 is 40.1 Å². The van der Waals surface area contributed by atoms with E-state index in [1.54, 1.807) is 12.1 Å². The summed E-state index contributed by atoms with van der Waals surface area (Å²) >= 11 is 12.5. The topological polar surface area (TPSA) is 58.4 Å². The van der Waals surface area contributed by atoms with Gasteiger partial charge in [0.2, 0.25) is 0 Å². The SMILES string of the molecule is O=C(O)c1ccc(CN2CCC(c3c4cc(C(c5ccc(Cl)cc5)c5ccc(Cl)cc5)ccc4nn3C3CC3)CC2)cc1. The van der Waals surface area contributed by atoms with Gasteiger partial charge in [0, 0.05) is 39.5 Å². The van der Waals surface area contributed by atoms with E-state index in [0.29, 0.717) is 17.5 Å². The van der Waals surface area contributed by atoms with Crippen LogP contribution in [-0.4, -0.2) is 38.8 Å². The number of likely N-dealkylation sites (tertiary alicyclic amines) is 1. The van der Waals surface area contributed by atoms with Crippen LogP contribution in [0.3, 0.4) is 0 Å². The number of piperidine rings is 1. The molecule has 5 aromatic rings. The average molecular weight is 611 g/mol. The van der Waals surface area contributed by atoms with Gasteiger partial charge in [-0.2, -0.15) is 5.10 Å². The molecule has 1 saturated carbocycles. The fraction of sp³-hybridized carbons (Fsp3) is 0.278. The molecule has 43 heavy (non-hydrogen) atoms. The maximum absolute atomic E-state index is 11.2. The number of aromatic nitrogens is 2. The molecule has 0 atom stereocenters. The predicted octanol–water partition coefficient (Wildman–Crippen LogP) is 8.94. The summed E-state index contributed by atoms with van der Waals surface area (Å²) in [4.78, 5) is 13.7. The first-order valence-electron chi connectivity index (χ1n) is 15.0. The van der Waals surface area contributed by atoms with Crippen molar-refractivity contribution in [3.8, 4) is 0 Å². The van der Waals surface area contributed by atoms with Gasteiger partial charge in [-0.3, -0.25) is 9.58 Å². The van der Waals surface area contributed by atoms with Crippen LogP contribution in [0.25, 0.3) is 10.9 Å². The van der Waals surface area contributed by atoms with Crippen LogP contribution in [-0.2, 0) is 6.54 Å². The number of hydrogen-bond acceptors (Lipinski definition) is 3. The lowest BCUT2D eigenvalue weighted by Gasteiger charge is -2.32.